The number of aryl methyl sites for hydroxylation is 1. The Hall–Kier alpha value is -2.47. The van der Waals surface area contributed by atoms with Crippen LogP contribution < -0.4 is 19.5 Å². The van der Waals surface area contributed by atoms with Crippen LogP contribution in [0.25, 0.3) is 10.2 Å². The summed E-state index contributed by atoms with van der Waals surface area (Å²) in [6, 6.07) is 9.93. The van der Waals surface area contributed by atoms with E-state index in [4.69, 9.17) is 14.2 Å². The molecule has 3 rings (SSSR count). The average Bonchev–Trinajstić information content (AvgIpc) is 2.95. The normalized spacial score (nSPS) is 10.6. The zero-order valence-electron chi connectivity index (χ0n) is 13.5. The van der Waals surface area contributed by atoms with Crippen molar-refractivity contribution < 1.29 is 14.2 Å². The highest BCUT2D eigenvalue weighted by molar-refractivity contribution is 7.22. The van der Waals surface area contributed by atoms with Gasteiger partial charge in [-0.05, 0) is 36.8 Å². The largest absolute Gasteiger partial charge is 0.493 e. The van der Waals surface area contributed by atoms with Crippen LogP contribution in [0.15, 0.2) is 30.3 Å². The maximum Gasteiger partial charge on any atom is 0.205 e. The minimum Gasteiger partial charge on any atom is -0.493 e. The Bertz CT molecular complexity index is 845. The predicted molar refractivity (Wildman–Crippen MR) is 93.7 cm³/mol. The summed E-state index contributed by atoms with van der Waals surface area (Å²) in [5.74, 6) is 1.76. The lowest BCUT2D eigenvalue weighted by atomic mass is 10.2. The fraction of sp³-hybridized carbons (Fsp3) is 0.235. The van der Waals surface area contributed by atoms with Gasteiger partial charge in [0.2, 0.25) is 5.75 Å². The van der Waals surface area contributed by atoms with Gasteiger partial charge in [0, 0.05) is 0 Å². The summed E-state index contributed by atoms with van der Waals surface area (Å²) in [7, 11) is 4.79. The molecule has 0 unspecified atom stereocenters. The second kappa shape index (κ2) is 6.34. The topological polar surface area (TPSA) is 52.6 Å². The van der Waals surface area contributed by atoms with E-state index in [0.29, 0.717) is 17.2 Å². The van der Waals surface area contributed by atoms with Crippen molar-refractivity contribution in [3.05, 3.63) is 35.9 Å². The van der Waals surface area contributed by atoms with Crippen LogP contribution in [0.5, 0.6) is 17.2 Å². The number of hydrogen-bond acceptors (Lipinski definition) is 6. The highest BCUT2D eigenvalue weighted by Crippen LogP contribution is 2.44. The number of benzene rings is 2. The highest BCUT2D eigenvalue weighted by Gasteiger charge is 2.17. The molecule has 0 amide bonds. The van der Waals surface area contributed by atoms with Crippen molar-refractivity contribution in [3.8, 4) is 17.2 Å². The molecule has 3 aromatic rings. The second-order valence-corrected chi connectivity index (χ2v) is 6.03. The van der Waals surface area contributed by atoms with Gasteiger partial charge in [0.15, 0.2) is 16.6 Å². The van der Waals surface area contributed by atoms with Crippen LogP contribution in [0.2, 0.25) is 0 Å². The molecule has 23 heavy (non-hydrogen) atoms. The lowest BCUT2D eigenvalue weighted by molar-refractivity contribution is 0.325. The Morgan fingerprint density at radius 2 is 1.74 bits per heavy atom. The van der Waals surface area contributed by atoms with Crippen LogP contribution in [-0.4, -0.2) is 26.3 Å². The molecule has 0 atom stereocenters. The van der Waals surface area contributed by atoms with Gasteiger partial charge in [-0.15, -0.1) is 0 Å². The molecule has 6 heteroatoms. The highest BCUT2D eigenvalue weighted by atomic mass is 32.1. The van der Waals surface area contributed by atoms with Crippen LogP contribution >= 0.6 is 11.3 Å². The summed E-state index contributed by atoms with van der Waals surface area (Å²) in [6.45, 7) is 2.07. The van der Waals surface area contributed by atoms with Crippen LogP contribution in [-0.2, 0) is 0 Å². The summed E-state index contributed by atoms with van der Waals surface area (Å²) in [5.41, 5.74) is 2.97. The molecule has 2 aromatic carbocycles. The molecule has 0 saturated heterocycles. The van der Waals surface area contributed by atoms with Gasteiger partial charge in [-0.25, -0.2) is 4.98 Å². The molecule has 0 aliphatic heterocycles. The Kier molecular flexibility index (Phi) is 4.25. The molecule has 0 aliphatic rings. The standard InChI is InChI=1S/C17H18N2O3S/c1-10-5-6-11-14(9-10)23-17(18-11)19-12-7-8-13(20-2)16(22-4)15(12)21-3/h5-9H,1-4H3,(H,18,19). The lowest BCUT2D eigenvalue weighted by Gasteiger charge is -2.15. The van der Waals surface area contributed by atoms with E-state index in [1.807, 2.05) is 18.2 Å². The van der Waals surface area contributed by atoms with Crippen molar-refractivity contribution in [1.82, 2.24) is 4.98 Å². The number of nitrogens with one attached hydrogen (secondary N) is 1. The molecule has 1 aromatic heterocycles. The van der Waals surface area contributed by atoms with Crippen LogP contribution in [0.4, 0.5) is 10.8 Å². The smallest absolute Gasteiger partial charge is 0.205 e. The molecule has 5 nitrogen and oxygen atoms in total. The molecule has 0 spiro atoms. The number of rotatable bonds is 5. The predicted octanol–water partition coefficient (Wildman–Crippen LogP) is 4.37. The van der Waals surface area contributed by atoms with Gasteiger partial charge in [0.25, 0.3) is 0 Å². The third-order valence-electron chi connectivity index (χ3n) is 3.49. The van der Waals surface area contributed by atoms with Crippen LogP contribution in [0.3, 0.4) is 0 Å². The molecular formula is C17H18N2O3S. The number of anilines is 2. The van der Waals surface area contributed by atoms with E-state index < -0.39 is 0 Å². The number of ether oxygens (including phenoxy) is 3. The Balaban J connectivity index is 2.00. The number of fused-ring (bicyclic) bond motifs is 1. The van der Waals surface area contributed by atoms with Gasteiger partial charge in [-0.3, -0.25) is 0 Å². The molecule has 0 radical (unpaired) electrons. The Morgan fingerprint density at radius 1 is 0.957 bits per heavy atom. The first kappa shape index (κ1) is 15.4. The Morgan fingerprint density at radius 3 is 2.43 bits per heavy atom. The van der Waals surface area contributed by atoms with Crippen molar-refractivity contribution >= 4 is 32.4 Å². The maximum absolute atomic E-state index is 5.48. The zero-order valence-corrected chi connectivity index (χ0v) is 14.3. The van der Waals surface area contributed by atoms with Crippen molar-refractivity contribution in [2.75, 3.05) is 26.6 Å². The third-order valence-corrected chi connectivity index (χ3v) is 4.42. The summed E-state index contributed by atoms with van der Waals surface area (Å²) in [5, 5.41) is 4.11. The monoisotopic (exact) mass is 330 g/mol. The van der Waals surface area contributed by atoms with E-state index in [1.165, 1.54) is 5.56 Å². The van der Waals surface area contributed by atoms with E-state index in [9.17, 15) is 0 Å². The van der Waals surface area contributed by atoms with Gasteiger partial charge in [-0.1, -0.05) is 17.4 Å². The quantitative estimate of drug-likeness (QED) is 0.752. The minimum atomic E-state index is 0.553. The average molecular weight is 330 g/mol. The molecule has 1 N–H and O–H groups in total. The van der Waals surface area contributed by atoms with Gasteiger partial charge in [0.1, 0.15) is 0 Å². The van der Waals surface area contributed by atoms with E-state index >= 15 is 0 Å². The van der Waals surface area contributed by atoms with Gasteiger partial charge >= 0.3 is 0 Å². The number of nitrogens with zero attached hydrogens (tertiary/aromatic N) is 1. The Labute approximate surface area is 138 Å². The van der Waals surface area contributed by atoms with E-state index in [2.05, 4.69) is 29.4 Å². The first-order chi connectivity index (χ1) is 11.2. The van der Waals surface area contributed by atoms with Crippen LogP contribution in [0, 0.1) is 6.92 Å². The third kappa shape index (κ3) is 2.90. The molecular weight excluding hydrogens is 312 g/mol. The van der Waals surface area contributed by atoms with E-state index in [1.54, 1.807) is 32.7 Å². The zero-order chi connectivity index (χ0) is 16.4. The molecule has 1 heterocycles. The van der Waals surface area contributed by atoms with Crippen molar-refractivity contribution in [2.24, 2.45) is 0 Å². The maximum atomic E-state index is 5.48. The first-order valence-electron chi connectivity index (χ1n) is 7.09. The van der Waals surface area contributed by atoms with Gasteiger partial charge in [-0.2, -0.15) is 0 Å². The summed E-state index contributed by atoms with van der Waals surface area (Å²) < 4.78 is 17.3. The minimum absolute atomic E-state index is 0.553. The van der Waals surface area contributed by atoms with Gasteiger partial charge in [0.05, 0.1) is 37.2 Å². The SMILES string of the molecule is COc1ccc(Nc2nc3ccc(C)cc3s2)c(OC)c1OC. The lowest BCUT2D eigenvalue weighted by Crippen LogP contribution is -1.99. The molecule has 0 saturated carbocycles. The molecule has 0 fully saturated rings. The molecule has 0 aliphatic carbocycles. The summed E-state index contributed by atoms with van der Waals surface area (Å²) in [6.07, 6.45) is 0. The first-order valence-corrected chi connectivity index (χ1v) is 7.91. The molecule has 0 bridgehead atoms. The van der Waals surface area contributed by atoms with Gasteiger partial charge < -0.3 is 19.5 Å². The summed E-state index contributed by atoms with van der Waals surface area (Å²) >= 11 is 1.60. The van der Waals surface area contributed by atoms with E-state index in [-0.39, 0.29) is 0 Å². The van der Waals surface area contributed by atoms with Crippen molar-refractivity contribution in [2.45, 2.75) is 6.92 Å². The number of aromatic nitrogens is 1. The van der Waals surface area contributed by atoms with Crippen molar-refractivity contribution in [1.29, 1.82) is 0 Å². The summed E-state index contributed by atoms with van der Waals surface area (Å²) in [4.78, 5) is 4.60. The van der Waals surface area contributed by atoms with E-state index in [0.717, 1.165) is 21.0 Å². The van der Waals surface area contributed by atoms with Crippen LogP contribution in [0.1, 0.15) is 5.56 Å². The van der Waals surface area contributed by atoms with Crippen molar-refractivity contribution in [3.63, 3.8) is 0 Å². The fourth-order valence-electron chi connectivity index (χ4n) is 2.40. The second-order valence-electron chi connectivity index (χ2n) is 5.00. The fourth-order valence-corrected chi connectivity index (χ4v) is 3.38. The molecule has 120 valence electrons. The number of methoxy groups -OCH3 is 3. The number of hydrogen-bond donors (Lipinski definition) is 1. The number of thiazole rings is 1.